The Hall–Kier alpha value is -15.0. The van der Waals surface area contributed by atoms with Gasteiger partial charge in [0, 0.05) is 89.1 Å². The predicted molar refractivity (Wildman–Crippen MR) is 430 cm³/mol. The van der Waals surface area contributed by atoms with Crippen LogP contribution in [0.15, 0.2) is 250 Å². The van der Waals surface area contributed by atoms with E-state index in [1.165, 1.54) is 46.5 Å². The van der Waals surface area contributed by atoms with Crippen molar-refractivity contribution in [3.05, 3.63) is 307 Å². The van der Waals surface area contributed by atoms with Gasteiger partial charge in [0.2, 0.25) is 17.8 Å². The molecule has 0 radical (unpaired) electrons. The molecule has 0 amide bonds. The molecule has 7 N–H and O–H groups in total. The molecule has 14 aromatic rings. The number of hydrogen-bond acceptors (Lipinski definition) is 29. The van der Waals surface area contributed by atoms with Crippen LogP contribution in [0.1, 0.15) is 75.1 Å². The third-order valence-electron chi connectivity index (χ3n) is 18.6. The molecular weight excluding hydrogens is 1600 g/mol. The molecule has 33 nitrogen and oxygen atoms in total. The van der Waals surface area contributed by atoms with Gasteiger partial charge in [0.25, 0.3) is 31.4 Å². The van der Waals surface area contributed by atoms with Gasteiger partial charge in [0.15, 0.2) is 23.1 Å². The van der Waals surface area contributed by atoms with E-state index in [1.54, 1.807) is 159 Å². The number of ether oxygens (including phenoxy) is 2. The van der Waals surface area contributed by atoms with Gasteiger partial charge >= 0.3 is 33.2 Å². The number of pyridine rings is 2. The van der Waals surface area contributed by atoms with Crippen LogP contribution in [0.25, 0.3) is 44.1 Å². The van der Waals surface area contributed by atoms with E-state index in [9.17, 15) is 54.7 Å². The zero-order chi connectivity index (χ0) is 83.4. The van der Waals surface area contributed by atoms with Crippen LogP contribution in [-0.4, -0.2) is 126 Å². The fourth-order valence-corrected chi connectivity index (χ4v) is 14.7. The summed E-state index contributed by atoms with van der Waals surface area (Å²) in [4.78, 5) is 114. The van der Waals surface area contributed by atoms with Crippen LogP contribution >= 0.6 is 0 Å². The standard InChI is InChI=1S/C81H57N13O14S2.2O3S/c1-93-59-36-34-56(65-67(59)63(52-25-12-14-27-54(52)73(65)97)69(75(93)99)71(95)45-18-6-3-7-19-45)84-47-22-16-17-44(41-47)42-62-87-77(90-80(88-62)107-49-23-10-5-11-24-49)82-39-40-83-78-89-79(92-81(91-78)108-50-30-32-51(33-31-50)109(101,102)103)85-48-29-38-61(110(104,105)106)58(43-48)86-57-35-37-60-68-64(53-26-13-15-28-55(53)74(98)66(57)68)70(76(100)94(60)2)72(96)46-20-8-4-9-21-46;2*1-4(2)3/h3-38,41,43,84,86H,39-40,42H2,1-2H3,(H,101,102,103)(H,104,105,106)(H,82,87,88,90)(H2,83,85,89,91,92);;. The van der Waals surface area contributed by atoms with Gasteiger partial charge in [-0.25, -0.2) is 0 Å². The van der Waals surface area contributed by atoms with E-state index in [-0.39, 0.29) is 128 Å². The zero-order valence-electron chi connectivity index (χ0n) is 61.0. The third-order valence-corrected chi connectivity index (χ3v) is 20.4. The summed E-state index contributed by atoms with van der Waals surface area (Å²) >= 11 is 0. The van der Waals surface area contributed by atoms with Crippen molar-refractivity contribution < 1.29 is 79.8 Å². The smallest absolute Gasteiger partial charge is 0.424 e. The van der Waals surface area contributed by atoms with Crippen LogP contribution < -0.4 is 47.2 Å². The maximum atomic E-state index is 14.9. The second-order valence-electron chi connectivity index (χ2n) is 25.9. The maximum absolute atomic E-state index is 14.9. The van der Waals surface area contributed by atoms with Crippen LogP contribution in [-0.2, 0) is 62.0 Å². The summed E-state index contributed by atoms with van der Waals surface area (Å²) in [5, 5.41) is 16.6. The van der Waals surface area contributed by atoms with Crippen molar-refractivity contribution >= 4 is 133 Å². The molecule has 0 saturated heterocycles. The lowest BCUT2D eigenvalue weighted by Crippen LogP contribution is -2.29. The summed E-state index contributed by atoms with van der Waals surface area (Å²) < 4.78 is 136. The monoisotopic (exact) mass is 1660 g/mol. The van der Waals surface area contributed by atoms with E-state index in [4.69, 9.17) is 44.7 Å². The first-order valence-corrected chi connectivity index (χ1v) is 39.8. The highest BCUT2D eigenvalue weighted by Crippen LogP contribution is 2.47. The lowest BCUT2D eigenvalue weighted by Gasteiger charge is -2.26. The molecule has 10 aromatic carbocycles. The summed E-state index contributed by atoms with van der Waals surface area (Å²) in [5.74, 6) is -1.32. The Morgan fingerprint density at radius 3 is 1.36 bits per heavy atom. The van der Waals surface area contributed by atoms with Crippen LogP contribution in [0.2, 0.25) is 0 Å². The Kier molecular flexibility index (Phi) is 22.4. The average molecular weight is 1660 g/mol. The molecule has 16 rings (SSSR count). The first-order valence-electron chi connectivity index (χ1n) is 35.0. The summed E-state index contributed by atoms with van der Waals surface area (Å²) in [6, 6.07) is 61.0. The first-order chi connectivity index (χ1) is 56.6. The van der Waals surface area contributed by atoms with Crippen LogP contribution in [0, 0.1) is 0 Å². The van der Waals surface area contributed by atoms with Gasteiger partial charge in [0.1, 0.15) is 22.2 Å². The summed E-state index contributed by atoms with van der Waals surface area (Å²) in [6.07, 6.45) is 0.144. The zero-order valence-corrected chi connectivity index (χ0v) is 64.3. The van der Waals surface area contributed by atoms with E-state index in [0.29, 0.717) is 61.4 Å². The molecular formula is C81H57N13O20S4. The second kappa shape index (κ2) is 33.2. The normalized spacial score (nSPS) is 11.7. The third kappa shape index (κ3) is 16.8. The minimum Gasteiger partial charge on any atom is -0.424 e. The molecule has 0 atom stereocenters. The lowest BCUT2D eigenvalue weighted by atomic mass is 9.80. The largest absolute Gasteiger partial charge is 0.425 e. The van der Waals surface area contributed by atoms with E-state index in [1.807, 2.05) is 30.3 Å². The summed E-state index contributed by atoms with van der Waals surface area (Å²) in [5.41, 5.74) is 3.79. The van der Waals surface area contributed by atoms with E-state index < -0.39 is 79.7 Å². The van der Waals surface area contributed by atoms with Gasteiger partial charge in [-0.1, -0.05) is 140 Å². The molecule has 4 aromatic heterocycles. The number of rotatable bonds is 23. The maximum Gasteiger partial charge on any atom is 0.425 e. The number of hydrogen-bond donors (Lipinski definition) is 7. The van der Waals surface area contributed by atoms with Crippen molar-refractivity contribution in [3.8, 4) is 45.8 Å². The molecule has 37 heteroatoms. The van der Waals surface area contributed by atoms with Crippen LogP contribution in [0.5, 0.6) is 23.5 Å². The first kappa shape index (κ1) is 79.6. The number of nitrogens with one attached hydrogen (secondary N) is 5. The number of ketones is 4. The van der Waals surface area contributed by atoms with Crippen molar-refractivity contribution in [2.75, 3.05) is 39.7 Å². The van der Waals surface area contributed by atoms with Gasteiger partial charge in [-0.2, -0.15) is 46.7 Å². The van der Waals surface area contributed by atoms with Gasteiger partial charge in [-0.05, 0) is 108 Å². The highest BCUT2D eigenvalue weighted by atomic mass is 32.2. The fraction of sp³-hybridized carbons (Fsp3) is 0.0617. The molecule has 0 fully saturated rings. The minimum atomic E-state index is -5.03. The Morgan fingerprint density at radius 1 is 0.415 bits per heavy atom. The molecule has 118 heavy (non-hydrogen) atoms. The van der Waals surface area contributed by atoms with Gasteiger partial charge < -0.3 is 45.2 Å². The molecule has 0 saturated carbocycles. The summed E-state index contributed by atoms with van der Waals surface area (Å²) in [6.45, 7) is 0.138. The van der Waals surface area contributed by atoms with Crippen molar-refractivity contribution in [1.29, 1.82) is 0 Å². The quantitative estimate of drug-likeness (QED) is 0.0178. The molecule has 2 aliphatic rings. The Labute approximate surface area is 670 Å². The summed E-state index contributed by atoms with van der Waals surface area (Å²) in [7, 11) is -12.8. The molecule has 0 aliphatic heterocycles. The Morgan fingerprint density at radius 2 is 0.856 bits per heavy atom. The SMILES string of the molecule is Cn1c(=O)c(C(=O)c2ccccc2)c2c3c(c(Nc4cccc(Cc5nc(NCCNc6nc(Nc7ccc(S(=O)(=O)O)c(Nc8ccc9c%10c8C(=O)c8ccccc8-c%10c(C(=O)c8ccccc8)c(=O)n9C)c7)nc(Oc7ccc(S(=O)(=O)O)cc7)n6)nc(Oc6ccccc6)n5)c4)ccc31)C(=O)c1ccccc1-2.O=S(=O)=O.O=S(=O)=O. The number of aromatic nitrogens is 8. The second-order valence-corrected chi connectivity index (χ2v) is 29.5. The lowest BCUT2D eigenvalue weighted by molar-refractivity contribution is 0.102. The van der Waals surface area contributed by atoms with Gasteiger partial charge in [0.05, 0.1) is 55.2 Å². The van der Waals surface area contributed by atoms with E-state index in [0.717, 1.165) is 23.8 Å². The van der Waals surface area contributed by atoms with Crippen molar-refractivity contribution in [2.45, 2.75) is 16.2 Å². The van der Waals surface area contributed by atoms with Crippen LogP contribution in [0.4, 0.5) is 46.3 Å². The van der Waals surface area contributed by atoms with E-state index >= 15 is 0 Å². The van der Waals surface area contributed by atoms with Gasteiger partial charge in [-0.3, -0.25) is 37.9 Å². The molecule has 0 bridgehead atoms. The number of anilines is 8. The van der Waals surface area contributed by atoms with Crippen molar-refractivity contribution in [2.24, 2.45) is 14.1 Å². The molecule has 4 heterocycles. The molecule has 2 aliphatic carbocycles. The highest BCUT2D eigenvalue weighted by Gasteiger charge is 2.37. The molecule has 0 spiro atoms. The topological polar surface area (TPSA) is 479 Å². The number of nitrogens with zero attached hydrogens (tertiary/aromatic N) is 8. The number of para-hydroxylation sites is 1. The highest BCUT2D eigenvalue weighted by molar-refractivity contribution is 7.86. The predicted octanol–water partition coefficient (Wildman–Crippen LogP) is 11.1. The average Bonchev–Trinajstić information content (AvgIpc) is 0.711. The Balaban J connectivity index is 0.00000137. The number of fused-ring (bicyclic) bond motifs is 4. The number of benzene rings is 10. The Bertz CT molecular complexity index is 7100. The van der Waals surface area contributed by atoms with Crippen LogP contribution in [0.3, 0.4) is 0 Å². The number of aryl methyl sites for hydroxylation is 2. The van der Waals surface area contributed by atoms with Gasteiger partial charge in [-0.15, -0.1) is 25.3 Å². The van der Waals surface area contributed by atoms with E-state index in [2.05, 4.69) is 46.5 Å². The molecule has 590 valence electrons. The minimum absolute atomic E-state index is 0.00225. The van der Waals surface area contributed by atoms with Crippen molar-refractivity contribution in [1.82, 2.24) is 39.0 Å². The molecule has 0 unspecified atom stereocenters. The number of carbonyl (C=O) groups is 4. The fourth-order valence-electron chi connectivity index (χ4n) is 13.6. The number of carbonyl (C=O) groups excluding carboxylic acids is 4. The van der Waals surface area contributed by atoms with Crippen molar-refractivity contribution in [3.63, 3.8) is 0 Å².